The van der Waals surface area contributed by atoms with Gasteiger partial charge in [-0.1, -0.05) is 0 Å². The first kappa shape index (κ1) is 12.7. The van der Waals surface area contributed by atoms with Gasteiger partial charge in [-0.2, -0.15) is 5.26 Å². The number of nitrogens with two attached hydrogens (primary N) is 1. The number of nitrogens with one attached hydrogen (secondary N) is 1. The average molecular weight is 270 g/mol. The van der Waals surface area contributed by atoms with Gasteiger partial charge in [0.25, 0.3) is 0 Å². The molecule has 1 aliphatic carbocycles. The Morgan fingerprint density at radius 1 is 1.35 bits per heavy atom. The molecule has 20 heavy (non-hydrogen) atoms. The number of hydrogen-bond donors (Lipinski definition) is 2. The molecule has 1 aromatic carbocycles. The average Bonchev–Trinajstić information content (AvgIpc) is 2.83. The molecule has 0 radical (unpaired) electrons. The van der Waals surface area contributed by atoms with Crippen LogP contribution in [0.4, 0.5) is 15.9 Å². The van der Waals surface area contributed by atoms with Crippen LogP contribution in [0.25, 0.3) is 10.9 Å². The van der Waals surface area contributed by atoms with Crippen molar-refractivity contribution in [3.05, 3.63) is 29.8 Å². The van der Waals surface area contributed by atoms with Crippen LogP contribution in [0.15, 0.2) is 24.3 Å². The van der Waals surface area contributed by atoms with E-state index in [-0.39, 0.29) is 6.04 Å². The van der Waals surface area contributed by atoms with Crippen molar-refractivity contribution in [1.29, 1.82) is 5.26 Å². The number of hydrogen-bond acceptors (Lipinski definition) is 4. The van der Waals surface area contributed by atoms with Crippen LogP contribution < -0.4 is 11.1 Å². The minimum atomic E-state index is -0.729. The van der Waals surface area contributed by atoms with E-state index < -0.39 is 6.17 Å². The predicted octanol–water partition coefficient (Wildman–Crippen LogP) is 2.99. The number of benzene rings is 1. The summed E-state index contributed by atoms with van der Waals surface area (Å²) in [4.78, 5) is 4.26. The Morgan fingerprint density at radius 2 is 2.20 bits per heavy atom. The van der Waals surface area contributed by atoms with Crippen molar-refractivity contribution >= 4 is 22.4 Å². The van der Waals surface area contributed by atoms with Crippen molar-refractivity contribution < 1.29 is 4.39 Å². The minimum absolute atomic E-state index is 0.112. The van der Waals surface area contributed by atoms with E-state index >= 15 is 0 Å². The summed E-state index contributed by atoms with van der Waals surface area (Å²) in [6, 6.07) is 9.25. The number of rotatable bonds is 2. The van der Waals surface area contributed by atoms with Gasteiger partial charge in [0.2, 0.25) is 0 Å². The first-order chi connectivity index (χ1) is 9.65. The van der Waals surface area contributed by atoms with Gasteiger partial charge in [-0.05, 0) is 37.5 Å². The summed E-state index contributed by atoms with van der Waals surface area (Å²) in [6.07, 6.45) is 1.19. The second kappa shape index (κ2) is 4.97. The molecule has 3 rings (SSSR count). The molecule has 2 atom stereocenters. The SMILES string of the molecule is N#Cc1ccc2nc(N)cc(N[C@@H]3CC[C@H](F)C3)c2c1. The van der Waals surface area contributed by atoms with Crippen LogP contribution in [0.2, 0.25) is 0 Å². The van der Waals surface area contributed by atoms with Gasteiger partial charge in [-0.15, -0.1) is 0 Å². The Hall–Kier alpha value is -2.35. The maximum atomic E-state index is 13.3. The van der Waals surface area contributed by atoms with E-state index in [0.29, 0.717) is 24.2 Å². The van der Waals surface area contributed by atoms with Crippen LogP contribution in [-0.4, -0.2) is 17.2 Å². The number of nitriles is 1. The summed E-state index contributed by atoms with van der Waals surface area (Å²) in [6.45, 7) is 0. The van der Waals surface area contributed by atoms with Gasteiger partial charge < -0.3 is 11.1 Å². The summed E-state index contributed by atoms with van der Waals surface area (Å²) in [5, 5.41) is 13.2. The van der Waals surface area contributed by atoms with Crippen LogP contribution >= 0.6 is 0 Å². The summed E-state index contributed by atoms with van der Waals surface area (Å²) < 4.78 is 13.3. The zero-order valence-electron chi connectivity index (χ0n) is 10.9. The highest BCUT2D eigenvalue weighted by atomic mass is 19.1. The number of nitrogens with zero attached hydrogens (tertiary/aromatic N) is 2. The topological polar surface area (TPSA) is 74.7 Å². The number of pyridine rings is 1. The number of aromatic nitrogens is 1. The highest BCUT2D eigenvalue weighted by Crippen LogP contribution is 2.30. The smallest absolute Gasteiger partial charge is 0.126 e. The number of anilines is 2. The monoisotopic (exact) mass is 270 g/mol. The molecule has 1 heterocycles. The lowest BCUT2D eigenvalue weighted by atomic mass is 10.1. The zero-order chi connectivity index (χ0) is 14.1. The molecule has 5 heteroatoms. The normalized spacial score (nSPS) is 21.8. The molecule has 3 N–H and O–H groups in total. The molecule has 4 nitrogen and oxygen atoms in total. The van der Waals surface area contributed by atoms with Crippen molar-refractivity contribution in [3.8, 4) is 6.07 Å². The van der Waals surface area contributed by atoms with Crippen LogP contribution in [0.5, 0.6) is 0 Å². The maximum absolute atomic E-state index is 13.3. The zero-order valence-corrected chi connectivity index (χ0v) is 10.9. The number of halogens is 1. The fourth-order valence-corrected chi connectivity index (χ4v) is 2.71. The maximum Gasteiger partial charge on any atom is 0.126 e. The van der Waals surface area contributed by atoms with Crippen LogP contribution in [-0.2, 0) is 0 Å². The molecule has 0 spiro atoms. The fourth-order valence-electron chi connectivity index (χ4n) is 2.71. The van der Waals surface area contributed by atoms with E-state index in [2.05, 4.69) is 16.4 Å². The Morgan fingerprint density at radius 3 is 2.90 bits per heavy atom. The van der Waals surface area contributed by atoms with E-state index in [1.807, 2.05) is 0 Å². The van der Waals surface area contributed by atoms with Gasteiger partial charge in [0.1, 0.15) is 12.0 Å². The third-order valence-electron chi connectivity index (χ3n) is 3.69. The van der Waals surface area contributed by atoms with Crippen molar-refractivity contribution in [2.75, 3.05) is 11.1 Å². The predicted molar refractivity (Wildman–Crippen MR) is 77.0 cm³/mol. The second-order valence-electron chi connectivity index (χ2n) is 5.19. The van der Waals surface area contributed by atoms with E-state index in [1.165, 1.54) is 0 Å². The van der Waals surface area contributed by atoms with Gasteiger partial charge in [0.05, 0.1) is 17.1 Å². The lowest BCUT2D eigenvalue weighted by molar-refractivity contribution is 0.341. The van der Waals surface area contributed by atoms with Crippen LogP contribution in [0, 0.1) is 11.3 Å². The van der Waals surface area contributed by atoms with Crippen molar-refractivity contribution in [1.82, 2.24) is 4.98 Å². The quantitative estimate of drug-likeness (QED) is 0.879. The second-order valence-corrected chi connectivity index (χ2v) is 5.19. The first-order valence-electron chi connectivity index (χ1n) is 6.66. The van der Waals surface area contributed by atoms with Crippen molar-refractivity contribution in [2.45, 2.75) is 31.5 Å². The standard InChI is InChI=1S/C15H15FN4/c16-10-2-3-11(6-10)19-14-7-15(18)20-13-4-1-9(8-17)5-12(13)14/h1,4-5,7,10-11H,2-3,6H2,(H3,18,19,20)/t10-,11+/m0/s1. The molecule has 2 aromatic rings. The number of alkyl halides is 1. The third-order valence-corrected chi connectivity index (χ3v) is 3.69. The largest absolute Gasteiger partial charge is 0.384 e. The molecular formula is C15H15FN4. The van der Waals surface area contributed by atoms with Crippen molar-refractivity contribution in [3.63, 3.8) is 0 Å². The molecule has 0 bridgehead atoms. The summed E-state index contributed by atoms with van der Waals surface area (Å²) in [7, 11) is 0. The molecular weight excluding hydrogens is 255 g/mol. The van der Waals surface area contributed by atoms with Gasteiger partial charge >= 0.3 is 0 Å². The third kappa shape index (κ3) is 2.37. The van der Waals surface area contributed by atoms with E-state index in [0.717, 1.165) is 23.0 Å². The summed E-state index contributed by atoms with van der Waals surface area (Å²) >= 11 is 0. The van der Waals surface area contributed by atoms with Gasteiger partial charge in [0, 0.05) is 23.2 Å². The fraction of sp³-hybridized carbons (Fsp3) is 0.333. The molecule has 1 fully saturated rings. The van der Waals surface area contributed by atoms with E-state index in [9.17, 15) is 4.39 Å². The van der Waals surface area contributed by atoms with E-state index in [4.69, 9.17) is 11.0 Å². The van der Waals surface area contributed by atoms with Crippen LogP contribution in [0.3, 0.4) is 0 Å². The van der Waals surface area contributed by atoms with Crippen molar-refractivity contribution in [2.24, 2.45) is 0 Å². The Kier molecular flexibility index (Phi) is 3.15. The molecule has 102 valence electrons. The lowest BCUT2D eigenvalue weighted by Crippen LogP contribution is -2.16. The minimum Gasteiger partial charge on any atom is -0.384 e. The van der Waals surface area contributed by atoms with Gasteiger partial charge in [-0.25, -0.2) is 9.37 Å². The van der Waals surface area contributed by atoms with Gasteiger partial charge in [0.15, 0.2) is 0 Å². The van der Waals surface area contributed by atoms with Gasteiger partial charge in [-0.3, -0.25) is 0 Å². The highest BCUT2D eigenvalue weighted by molar-refractivity contribution is 5.93. The highest BCUT2D eigenvalue weighted by Gasteiger charge is 2.24. The molecule has 1 aromatic heterocycles. The number of nitrogen functional groups attached to an aromatic ring is 1. The Labute approximate surface area is 116 Å². The number of fused-ring (bicyclic) bond motifs is 1. The summed E-state index contributed by atoms with van der Waals surface area (Å²) in [5.74, 6) is 0.416. The first-order valence-corrected chi connectivity index (χ1v) is 6.66. The molecule has 1 aliphatic rings. The molecule has 0 amide bonds. The molecule has 0 aliphatic heterocycles. The molecule has 0 saturated heterocycles. The Balaban J connectivity index is 2.02. The molecule has 0 unspecified atom stereocenters. The lowest BCUT2D eigenvalue weighted by Gasteiger charge is -2.16. The Bertz CT molecular complexity index is 692. The van der Waals surface area contributed by atoms with E-state index in [1.54, 1.807) is 24.3 Å². The van der Waals surface area contributed by atoms with Crippen LogP contribution in [0.1, 0.15) is 24.8 Å². The molecule has 1 saturated carbocycles. The summed E-state index contributed by atoms with van der Waals surface area (Å²) in [5.41, 5.74) is 7.94.